The van der Waals surface area contributed by atoms with E-state index in [4.69, 9.17) is 16.3 Å². The molecule has 64 valence electrons. The number of nitrogens with zero attached hydrogens (tertiary/aromatic N) is 2. The van der Waals surface area contributed by atoms with Crippen molar-refractivity contribution in [2.45, 2.75) is 12.5 Å². The first-order chi connectivity index (χ1) is 6.10. The fourth-order valence-electron chi connectivity index (χ4n) is 0.976. The third-order valence-electron chi connectivity index (χ3n) is 1.82. The minimum Gasteiger partial charge on any atom is -0.310 e. The average Bonchev–Trinajstić information content (AvgIpc) is 2.18. The first-order valence-electron chi connectivity index (χ1n) is 3.81. The zero-order valence-corrected chi connectivity index (χ0v) is 7.28. The topological polar surface area (TPSA) is 73.6 Å². The molecule has 0 heterocycles. The van der Waals surface area contributed by atoms with Crippen molar-refractivity contribution >= 4 is 0 Å². The second-order valence-electron chi connectivity index (χ2n) is 3.01. The summed E-state index contributed by atoms with van der Waals surface area (Å²) in [6.45, 7) is 1.61. The Morgan fingerprint density at radius 3 is 2.62 bits per heavy atom. The van der Waals surface area contributed by atoms with Crippen LogP contribution in [0.4, 0.5) is 0 Å². The summed E-state index contributed by atoms with van der Waals surface area (Å²) >= 11 is 0. The van der Waals surface area contributed by atoms with Gasteiger partial charge < -0.3 is 5.73 Å². The highest BCUT2D eigenvalue weighted by atomic mass is 14.7. The third kappa shape index (κ3) is 1.84. The summed E-state index contributed by atoms with van der Waals surface area (Å²) in [5.74, 6) is 0. The lowest BCUT2D eigenvalue weighted by atomic mass is 9.94. The molecule has 1 aromatic carbocycles. The van der Waals surface area contributed by atoms with E-state index in [-0.39, 0.29) is 0 Å². The van der Waals surface area contributed by atoms with Crippen molar-refractivity contribution in [3.05, 3.63) is 35.4 Å². The largest absolute Gasteiger partial charge is 0.310 e. The molecule has 0 fully saturated rings. The van der Waals surface area contributed by atoms with Crippen LogP contribution in [0.15, 0.2) is 24.3 Å². The summed E-state index contributed by atoms with van der Waals surface area (Å²) in [6, 6.07) is 10.7. The zero-order valence-electron chi connectivity index (χ0n) is 7.28. The molecule has 13 heavy (non-hydrogen) atoms. The molecule has 1 unspecified atom stereocenters. The maximum atomic E-state index is 8.75. The van der Waals surface area contributed by atoms with Gasteiger partial charge in [-0.2, -0.15) is 10.5 Å². The van der Waals surface area contributed by atoms with Crippen LogP contribution in [0.1, 0.15) is 18.1 Å². The molecule has 3 nitrogen and oxygen atoms in total. The van der Waals surface area contributed by atoms with Crippen LogP contribution in [0.25, 0.3) is 0 Å². The van der Waals surface area contributed by atoms with Crippen LogP contribution < -0.4 is 5.73 Å². The minimum absolute atomic E-state index is 0.518. The molecule has 1 rings (SSSR count). The lowest BCUT2D eigenvalue weighted by Crippen LogP contribution is -2.30. The van der Waals surface area contributed by atoms with Crippen molar-refractivity contribution in [2.75, 3.05) is 0 Å². The Balaban J connectivity index is 3.20. The van der Waals surface area contributed by atoms with Crippen LogP contribution in [0.5, 0.6) is 0 Å². The molecule has 0 aliphatic heterocycles. The van der Waals surface area contributed by atoms with Crippen LogP contribution in [0, 0.1) is 22.7 Å². The van der Waals surface area contributed by atoms with Gasteiger partial charge in [0.2, 0.25) is 0 Å². The molecule has 0 amide bonds. The molecule has 0 bridgehead atoms. The highest BCUT2D eigenvalue weighted by Crippen LogP contribution is 2.17. The first kappa shape index (κ1) is 9.25. The lowest BCUT2D eigenvalue weighted by Gasteiger charge is -2.15. The molecule has 1 atom stereocenters. The summed E-state index contributed by atoms with van der Waals surface area (Å²) in [5.41, 5.74) is 5.85. The molecule has 0 aliphatic rings. The predicted octanol–water partition coefficient (Wildman–Crippen LogP) is 1.26. The summed E-state index contributed by atoms with van der Waals surface area (Å²) in [7, 11) is 0. The Kier molecular flexibility index (Phi) is 2.32. The number of hydrogen-bond acceptors (Lipinski definition) is 3. The van der Waals surface area contributed by atoms with E-state index in [1.54, 1.807) is 31.2 Å². The van der Waals surface area contributed by atoms with Crippen molar-refractivity contribution in [1.29, 1.82) is 10.5 Å². The molecule has 1 aromatic rings. The van der Waals surface area contributed by atoms with Crippen molar-refractivity contribution in [3.63, 3.8) is 0 Å². The molecule has 0 spiro atoms. The Hall–Kier alpha value is -1.84. The molecule has 0 radical (unpaired) electrons. The minimum atomic E-state index is -1.02. The van der Waals surface area contributed by atoms with Gasteiger partial charge in [0.25, 0.3) is 0 Å². The fourth-order valence-corrected chi connectivity index (χ4v) is 0.976. The van der Waals surface area contributed by atoms with Crippen LogP contribution in [-0.4, -0.2) is 0 Å². The second-order valence-corrected chi connectivity index (χ2v) is 3.01. The molecular weight excluding hydrogens is 162 g/mol. The first-order valence-corrected chi connectivity index (χ1v) is 3.81. The van der Waals surface area contributed by atoms with E-state index in [0.717, 1.165) is 0 Å². The number of rotatable bonds is 1. The number of nitriles is 2. The van der Waals surface area contributed by atoms with Gasteiger partial charge in [0.15, 0.2) is 0 Å². The fraction of sp³-hybridized carbons (Fsp3) is 0.200. The van der Waals surface area contributed by atoms with Crippen molar-refractivity contribution < 1.29 is 0 Å². The quantitative estimate of drug-likeness (QED) is 0.691. The Labute approximate surface area is 77.0 Å². The van der Waals surface area contributed by atoms with E-state index in [0.29, 0.717) is 11.1 Å². The third-order valence-corrected chi connectivity index (χ3v) is 1.82. The Bertz CT molecular complexity index is 393. The van der Waals surface area contributed by atoms with Crippen molar-refractivity contribution in [1.82, 2.24) is 0 Å². The summed E-state index contributed by atoms with van der Waals surface area (Å²) in [6.07, 6.45) is 0. The van der Waals surface area contributed by atoms with Gasteiger partial charge in [0.1, 0.15) is 5.54 Å². The van der Waals surface area contributed by atoms with Crippen molar-refractivity contribution in [2.24, 2.45) is 5.73 Å². The van der Waals surface area contributed by atoms with E-state index in [2.05, 4.69) is 0 Å². The van der Waals surface area contributed by atoms with Gasteiger partial charge in [-0.05, 0) is 24.6 Å². The molecule has 0 aromatic heterocycles. The molecular formula is C10H9N3. The van der Waals surface area contributed by atoms with Crippen LogP contribution in [0.2, 0.25) is 0 Å². The van der Waals surface area contributed by atoms with E-state index in [1.807, 2.05) is 12.1 Å². The van der Waals surface area contributed by atoms with Crippen LogP contribution >= 0.6 is 0 Å². The molecule has 0 saturated carbocycles. The van der Waals surface area contributed by atoms with E-state index in [9.17, 15) is 0 Å². The molecule has 0 saturated heterocycles. The van der Waals surface area contributed by atoms with Crippen LogP contribution in [-0.2, 0) is 5.54 Å². The lowest BCUT2D eigenvalue weighted by molar-refractivity contribution is 0.646. The smallest absolute Gasteiger partial charge is 0.127 e. The highest BCUT2D eigenvalue weighted by Gasteiger charge is 2.19. The van der Waals surface area contributed by atoms with Crippen LogP contribution in [0.3, 0.4) is 0 Å². The van der Waals surface area contributed by atoms with E-state index < -0.39 is 5.54 Å². The number of benzene rings is 1. The molecule has 2 N–H and O–H groups in total. The van der Waals surface area contributed by atoms with Gasteiger partial charge in [-0.15, -0.1) is 0 Å². The molecule has 3 heteroatoms. The van der Waals surface area contributed by atoms with Gasteiger partial charge in [-0.3, -0.25) is 0 Å². The van der Waals surface area contributed by atoms with E-state index in [1.165, 1.54) is 0 Å². The van der Waals surface area contributed by atoms with Gasteiger partial charge >= 0.3 is 0 Å². The van der Waals surface area contributed by atoms with Crippen molar-refractivity contribution in [3.8, 4) is 12.1 Å². The SMILES string of the molecule is CC(N)(C#N)c1cccc(C#N)c1. The van der Waals surface area contributed by atoms with E-state index >= 15 is 0 Å². The standard InChI is InChI=1S/C10H9N3/c1-10(13,7-12)9-4-2-3-8(5-9)6-11/h2-5H,13H2,1H3. The van der Waals surface area contributed by atoms with Gasteiger partial charge in [0, 0.05) is 0 Å². The maximum absolute atomic E-state index is 8.75. The predicted molar refractivity (Wildman–Crippen MR) is 48.3 cm³/mol. The average molecular weight is 171 g/mol. The van der Waals surface area contributed by atoms with Gasteiger partial charge in [-0.25, -0.2) is 0 Å². The Morgan fingerprint density at radius 1 is 1.38 bits per heavy atom. The maximum Gasteiger partial charge on any atom is 0.127 e. The number of hydrogen-bond donors (Lipinski definition) is 1. The zero-order chi connectivity index (χ0) is 9.90. The highest BCUT2D eigenvalue weighted by molar-refractivity contribution is 5.38. The summed E-state index contributed by atoms with van der Waals surface area (Å²) < 4.78 is 0. The normalized spacial score (nSPS) is 13.8. The molecule has 0 aliphatic carbocycles. The summed E-state index contributed by atoms with van der Waals surface area (Å²) in [5, 5.41) is 17.4. The van der Waals surface area contributed by atoms with Gasteiger partial charge in [0.05, 0.1) is 17.7 Å². The monoisotopic (exact) mass is 171 g/mol. The second kappa shape index (κ2) is 3.26. The number of nitrogens with two attached hydrogens (primary N) is 1. The summed E-state index contributed by atoms with van der Waals surface area (Å²) in [4.78, 5) is 0. The van der Waals surface area contributed by atoms with Gasteiger partial charge in [-0.1, -0.05) is 12.1 Å². The Morgan fingerprint density at radius 2 is 2.08 bits per heavy atom.